The van der Waals surface area contributed by atoms with Crippen molar-refractivity contribution < 1.29 is 19.5 Å². The first-order valence-electron chi connectivity index (χ1n) is 10.3. The molecule has 2 saturated heterocycles. The highest BCUT2D eigenvalue weighted by atomic mass is 35.5. The maximum atomic E-state index is 13.7. The molecule has 32 heavy (non-hydrogen) atoms. The van der Waals surface area contributed by atoms with Gasteiger partial charge in [0, 0.05) is 27.3 Å². The third kappa shape index (κ3) is 2.78. The van der Waals surface area contributed by atoms with Crippen molar-refractivity contribution in [2.24, 2.45) is 11.8 Å². The van der Waals surface area contributed by atoms with Gasteiger partial charge in [-0.15, -0.1) is 0 Å². The number of aryl methyl sites for hydroxylation is 1. The fourth-order valence-electron chi connectivity index (χ4n) is 5.39. The topological polar surface area (TPSA) is 98.7 Å². The van der Waals surface area contributed by atoms with E-state index in [1.165, 1.54) is 0 Å². The zero-order chi connectivity index (χ0) is 22.9. The smallest absolute Gasteiger partial charge is 0.250 e. The molecule has 5 atom stereocenters. The van der Waals surface area contributed by atoms with Crippen molar-refractivity contribution in [3.05, 3.63) is 63.1 Å². The van der Waals surface area contributed by atoms with Crippen LogP contribution in [0.15, 0.2) is 36.4 Å². The van der Waals surface area contributed by atoms with Crippen molar-refractivity contribution in [1.82, 2.24) is 10.2 Å². The number of aliphatic hydroxyl groups is 1. The van der Waals surface area contributed by atoms with Crippen molar-refractivity contribution in [1.29, 1.82) is 0 Å². The predicted octanol–water partition coefficient (Wildman–Crippen LogP) is 2.60. The summed E-state index contributed by atoms with van der Waals surface area (Å²) in [6, 6.07) is 9.56. The third-order valence-electron chi connectivity index (χ3n) is 6.82. The van der Waals surface area contributed by atoms with E-state index >= 15 is 0 Å². The quantitative estimate of drug-likeness (QED) is 0.595. The monoisotopic (exact) mass is 473 g/mol. The number of imide groups is 1. The molecule has 2 fully saturated rings. The molecule has 9 heteroatoms. The normalized spacial score (nSPS) is 29.5. The molecule has 0 bridgehead atoms. The van der Waals surface area contributed by atoms with Gasteiger partial charge in [0.05, 0.1) is 24.5 Å². The first kappa shape index (κ1) is 21.4. The summed E-state index contributed by atoms with van der Waals surface area (Å²) in [5.41, 5.74) is 0.968. The number of likely N-dealkylation sites (tertiary alicyclic amines) is 1. The maximum Gasteiger partial charge on any atom is 0.250 e. The average molecular weight is 474 g/mol. The van der Waals surface area contributed by atoms with Crippen molar-refractivity contribution in [2.75, 3.05) is 5.32 Å². The summed E-state index contributed by atoms with van der Waals surface area (Å²) in [5.74, 6) is -3.26. The summed E-state index contributed by atoms with van der Waals surface area (Å²) in [6.45, 7) is 3.35. The summed E-state index contributed by atoms with van der Waals surface area (Å²) in [4.78, 5) is 41.7. The average Bonchev–Trinajstić information content (AvgIpc) is 3.31. The van der Waals surface area contributed by atoms with Gasteiger partial charge in [-0.25, -0.2) is 0 Å². The highest BCUT2D eigenvalue weighted by Gasteiger charge is 2.71. The number of halogens is 2. The van der Waals surface area contributed by atoms with Crippen LogP contribution in [0.1, 0.15) is 23.6 Å². The van der Waals surface area contributed by atoms with E-state index in [0.29, 0.717) is 26.9 Å². The molecule has 3 aliphatic heterocycles. The van der Waals surface area contributed by atoms with Crippen LogP contribution in [-0.4, -0.2) is 39.9 Å². The van der Waals surface area contributed by atoms with Gasteiger partial charge in [-0.3, -0.25) is 24.6 Å². The number of hydrogen-bond acceptors (Lipinski definition) is 5. The summed E-state index contributed by atoms with van der Waals surface area (Å²) in [5, 5.41) is 17.4. The number of nitrogens with one attached hydrogen (secondary N) is 2. The van der Waals surface area contributed by atoms with Gasteiger partial charge < -0.3 is 10.4 Å². The molecule has 3 heterocycles. The van der Waals surface area contributed by atoms with Crippen LogP contribution in [0.3, 0.4) is 0 Å². The largest absolute Gasteiger partial charge is 0.392 e. The highest BCUT2D eigenvalue weighted by Crippen LogP contribution is 2.54. The molecule has 7 nitrogen and oxygen atoms in total. The Balaban J connectivity index is 1.65. The zero-order valence-electron chi connectivity index (χ0n) is 17.4. The Morgan fingerprint density at radius 2 is 1.88 bits per heavy atom. The Labute approximate surface area is 194 Å². The van der Waals surface area contributed by atoms with Crippen molar-refractivity contribution in [3.8, 4) is 0 Å². The lowest BCUT2D eigenvalue weighted by Crippen LogP contribution is -2.54. The second-order valence-electron chi connectivity index (χ2n) is 8.68. The minimum absolute atomic E-state index is 0.00397. The van der Waals surface area contributed by atoms with Gasteiger partial charge in [0.2, 0.25) is 17.7 Å². The number of nitrogens with zero attached hydrogens (tertiary/aromatic N) is 1. The van der Waals surface area contributed by atoms with Gasteiger partial charge in [0.15, 0.2) is 0 Å². The van der Waals surface area contributed by atoms with E-state index in [1.807, 2.05) is 6.92 Å². The van der Waals surface area contributed by atoms with E-state index in [-0.39, 0.29) is 6.54 Å². The molecule has 1 spiro atoms. The maximum absolute atomic E-state index is 13.7. The SMILES string of the molecule is Cc1cc(Cl)cc2c1NC(=O)[C@@]21N[C@@H]([C@@H](C)O)[C@H]2C(=O)N(Cc3ccccc3Cl)C(=O)[C@H]21. The first-order valence-corrected chi connectivity index (χ1v) is 11.1. The molecule has 3 aliphatic rings. The minimum Gasteiger partial charge on any atom is -0.392 e. The zero-order valence-corrected chi connectivity index (χ0v) is 18.9. The van der Waals surface area contributed by atoms with Crippen LogP contribution in [0.5, 0.6) is 0 Å². The Morgan fingerprint density at radius 1 is 1.16 bits per heavy atom. The van der Waals surface area contributed by atoms with Gasteiger partial charge in [0.25, 0.3) is 0 Å². The lowest BCUT2D eigenvalue weighted by atomic mass is 9.76. The molecule has 2 aromatic carbocycles. The predicted molar refractivity (Wildman–Crippen MR) is 119 cm³/mol. The third-order valence-corrected chi connectivity index (χ3v) is 7.40. The molecule has 5 rings (SSSR count). The van der Waals surface area contributed by atoms with E-state index in [1.54, 1.807) is 43.3 Å². The Morgan fingerprint density at radius 3 is 2.56 bits per heavy atom. The summed E-state index contributed by atoms with van der Waals surface area (Å²) in [7, 11) is 0. The molecule has 0 aliphatic carbocycles. The van der Waals surface area contributed by atoms with E-state index in [2.05, 4.69) is 10.6 Å². The molecule has 0 radical (unpaired) electrons. The van der Waals surface area contributed by atoms with Crippen molar-refractivity contribution in [2.45, 2.75) is 38.1 Å². The second-order valence-corrected chi connectivity index (χ2v) is 9.52. The van der Waals surface area contributed by atoms with Gasteiger partial charge in [0.1, 0.15) is 5.54 Å². The van der Waals surface area contributed by atoms with E-state index < -0.39 is 47.2 Å². The number of fused-ring (bicyclic) bond motifs is 4. The van der Waals surface area contributed by atoms with Crippen LogP contribution < -0.4 is 10.6 Å². The molecule has 166 valence electrons. The lowest BCUT2D eigenvalue weighted by Gasteiger charge is -2.30. The fourth-order valence-corrected chi connectivity index (χ4v) is 5.86. The van der Waals surface area contributed by atoms with Gasteiger partial charge >= 0.3 is 0 Å². The Bertz CT molecular complexity index is 1180. The number of rotatable bonds is 3. The van der Waals surface area contributed by atoms with Crippen LogP contribution in [0.2, 0.25) is 10.0 Å². The molecule has 3 N–H and O–H groups in total. The standard InChI is InChI=1S/C23H21Cl2N3O4/c1-10-7-13(24)8-14-18(10)26-22(32)23(14)17-16(19(27-23)11(2)29)20(30)28(21(17)31)9-12-5-3-4-6-15(12)25/h3-8,11,16-17,19,27,29H,9H2,1-2H3,(H,26,32)/t11-,16+,17+,19+,23-/m1/s1. The van der Waals surface area contributed by atoms with E-state index in [4.69, 9.17) is 23.2 Å². The molecule has 0 unspecified atom stereocenters. The number of amides is 3. The van der Waals surface area contributed by atoms with Gasteiger partial charge in [-0.1, -0.05) is 41.4 Å². The number of hydrogen-bond donors (Lipinski definition) is 3. The Kier molecular flexibility index (Phi) is 4.87. The van der Waals surface area contributed by atoms with Crippen molar-refractivity contribution >= 4 is 46.6 Å². The summed E-state index contributed by atoms with van der Waals surface area (Å²) >= 11 is 12.6. The van der Waals surface area contributed by atoms with Crippen LogP contribution in [0.25, 0.3) is 0 Å². The summed E-state index contributed by atoms with van der Waals surface area (Å²) < 4.78 is 0. The number of anilines is 1. The second kappa shape index (κ2) is 7.28. The van der Waals surface area contributed by atoms with E-state index in [9.17, 15) is 19.5 Å². The molecular weight excluding hydrogens is 453 g/mol. The van der Waals surface area contributed by atoms with Gasteiger partial charge in [-0.2, -0.15) is 0 Å². The van der Waals surface area contributed by atoms with Crippen molar-refractivity contribution in [3.63, 3.8) is 0 Å². The van der Waals surface area contributed by atoms with Crippen LogP contribution in [0.4, 0.5) is 5.69 Å². The summed E-state index contributed by atoms with van der Waals surface area (Å²) in [6.07, 6.45) is -0.976. The fraction of sp³-hybridized carbons (Fsp3) is 0.348. The molecule has 0 saturated carbocycles. The molecule has 0 aromatic heterocycles. The minimum atomic E-state index is -1.50. The highest BCUT2D eigenvalue weighted by molar-refractivity contribution is 6.31. The van der Waals surface area contributed by atoms with Crippen LogP contribution >= 0.6 is 23.2 Å². The number of benzene rings is 2. The number of carbonyl (C=O) groups excluding carboxylic acids is 3. The Hall–Kier alpha value is -2.45. The molecular formula is C23H21Cl2N3O4. The van der Waals surface area contributed by atoms with E-state index in [0.717, 1.165) is 10.5 Å². The van der Waals surface area contributed by atoms with Gasteiger partial charge in [-0.05, 0) is 43.2 Å². The molecule has 3 amide bonds. The number of carbonyl (C=O) groups is 3. The van der Waals surface area contributed by atoms with Crippen LogP contribution in [-0.2, 0) is 26.5 Å². The first-order chi connectivity index (χ1) is 15.2. The molecule has 2 aromatic rings. The number of aliphatic hydroxyl groups excluding tert-OH is 1. The lowest BCUT2D eigenvalue weighted by molar-refractivity contribution is -0.143. The van der Waals surface area contributed by atoms with Crippen LogP contribution in [0, 0.1) is 18.8 Å².